The number of fused-ring (bicyclic) bond motifs is 1. The summed E-state index contributed by atoms with van der Waals surface area (Å²) in [6.45, 7) is 0.438. The van der Waals surface area contributed by atoms with Crippen molar-refractivity contribution in [2.24, 2.45) is 7.05 Å². The summed E-state index contributed by atoms with van der Waals surface area (Å²) >= 11 is 0. The van der Waals surface area contributed by atoms with Crippen molar-refractivity contribution in [3.63, 3.8) is 0 Å². The van der Waals surface area contributed by atoms with Gasteiger partial charge in [-0.15, -0.1) is 0 Å². The Morgan fingerprint density at radius 1 is 1.23 bits per heavy atom. The number of aryl methyl sites for hydroxylation is 2. The molecule has 0 aliphatic rings. The molecule has 168 valence electrons. The van der Waals surface area contributed by atoms with Gasteiger partial charge in [0.25, 0.3) is 0 Å². The zero-order valence-electron chi connectivity index (χ0n) is 18.5. The van der Waals surface area contributed by atoms with Gasteiger partial charge in [0.05, 0.1) is 28.2 Å². The molecule has 0 bridgehead atoms. The lowest BCUT2D eigenvalue weighted by atomic mass is 10.2. The lowest BCUT2D eigenvalue weighted by molar-refractivity contribution is -0.121. The summed E-state index contributed by atoms with van der Waals surface area (Å²) in [6, 6.07) is 8.56. The molecule has 1 unspecified atom stereocenters. The van der Waals surface area contributed by atoms with E-state index in [9.17, 15) is 13.2 Å². The van der Waals surface area contributed by atoms with Crippen LogP contribution >= 0.6 is 0 Å². The third-order valence-electron chi connectivity index (χ3n) is 5.29. The molecule has 0 aliphatic heterocycles. The quantitative estimate of drug-likeness (QED) is 0.537. The molecule has 0 spiro atoms. The van der Waals surface area contributed by atoms with Gasteiger partial charge in [0.2, 0.25) is 15.9 Å². The summed E-state index contributed by atoms with van der Waals surface area (Å²) in [5.74, 6) is 1.44. The van der Waals surface area contributed by atoms with Crippen molar-refractivity contribution in [2.75, 3.05) is 34.7 Å². The predicted octanol–water partition coefficient (Wildman–Crippen LogP) is 1.77. The van der Waals surface area contributed by atoms with Gasteiger partial charge in [0.1, 0.15) is 11.6 Å². The SMILES string of the molecule is CN(C)C(CNC(=O)CCc1nc2cc(S(=O)(=O)N(C)C)ccc2n1C)c1ccco1. The number of hydrogen-bond donors (Lipinski definition) is 1. The van der Waals surface area contributed by atoms with Gasteiger partial charge >= 0.3 is 0 Å². The van der Waals surface area contributed by atoms with Crippen LogP contribution in [0.3, 0.4) is 0 Å². The molecule has 0 fully saturated rings. The first kappa shape index (κ1) is 23.0. The minimum absolute atomic E-state index is 0.0493. The molecular weight excluding hydrogens is 418 g/mol. The molecular formula is C21H29N5O4S. The monoisotopic (exact) mass is 447 g/mol. The Bertz CT molecular complexity index is 1150. The highest BCUT2D eigenvalue weighted by molar-refractivity contribution is 7.89. The van der Waals surface area contributed by atoms with Crippen LogP contribution in [0, 0.1) is 0 Å². The highest BCUT2D eigenvalue weighted by Gasteiger charge is 2.20. The molecule has 1 amide bonds. The van der Waals surface area contributed by atoms with E-state index in [1.165, 1.54) is 18.4 Å². The summed E-state index contributed by atoms with van der Waals surface area (Å²) in [7, 11) is 5.19. The van der Waals surface area contributed by atoms with E-state index < -0.39 is 10.0 Å². The maximum Gasteiger partial charge on any atom is 0.242 e. The maximum absolute atomic E-state index is 12.4. The number of carbonyl (C=O) groups excluding carboxylic acids is 1. The van der Waals surface area contributed by atoms with E-state index >= 15 is 0 Å². The Labute approximate surface area is 182 Å². The Kier molecular flexibility index (Phi) is 6.83. The van der Waals surface area contributed by atoms with Crippen LogP contribution in [0.25, 0.3) is 11.0 Å². The molecule has 0 radical (unpaired) electrons. The van der Waals surface area contributed by atoms with Gasteiger partial charge in [-0.3, -0.25) is 9.69 Å². The van der Waals surface area contributed by atoms with Crippen LogP contribution in [-0.4, -0.2) is 67.8 Å². The second kappa shape index (κ2) is 9.21. The van der Waals surface area contributed by atoms with Crippen molar-refractivity contribution in [1.29, 1.82) is 0 Å². The fraction of sp³-hybridized carbons (Fsp3) is 0.429. The van der Waals surface area contributed by atoms with E-state index in [0.717, 1.165) is 17.1 Å². The van der Waals surface area contributed by atoms with Crippen LogP contribution in [-0.2, 0) is 28.3 Å². The fourth-order valence-corrected chi connectivity index (χ4v) is 4.29. The molecule has 0 aliphatic carbocycles. The number of amides is 1. The predicted molar refractivity (Wildman–Crippen MR) is 118 cm³/mol. The number of rotatable bonds is 9. The average Bonchev–Trinajstić information content (AvgIpc) is 3.34. The van der Waals surface area contributed by atoms with Gasteiger partial charge in [-0.25, -0.2) is 17.7 Å². The number of hydrogen-bond acceptors (Lipinski definition) is 6. The summed E-state index contributed by atoms with van der Waals surface area (Å²) in [4.78, 5) is 19.2. The van der Waals surface area contributed by atoms with Crippen LogP contribution in [0.15, 0.2) is 45.9 Å². The molecule has 0 saturated carbocycles. The van der Waals surface area contributed by atoms with E-state index in [1.54, 1.807) is 24.5 Å². The fourth-order valence-electron chi connectivity index (χ4n) is 3.37. The standard InChI is InChI=1S/C21H29N5O4S/c1-24(2)18(19-7-6-12-30-19)14-22-21(27)11-10-20-23-16-13-15(31(28,29)25(3)4)8-9-17(16)26(20)5/h6-9,12-13,18H,10-11,14H2,1-5H3,(H,22,27). The van der Waals surface area contributed by atoms with Gasteiger partial charge < -0.3 is 14.3 Å². The number of nitrogens with one attached hydrogen (secondary N) is 1. The number of benzene rings is 1. The smallest absolute Gasteiger partial charge is 0.242 e. The number of furan rings is 1. The van der Waals surface area contributed by atoms with Gasteiger partial charge in [-0.2, -0.15) is 0 Å². The van der Waals surface area contributed by atoms with Crippen molar-refractivity contribution >= 4 is 27.0 Å². The second-order valence-corrected chi connectivity index (χ2v) is 9.98. The topological polar surface area (TPSA) is 101 Å². The first-order valence-electron chi connectivity index (χ1n) is 9.95. The third kappa shape index (κ3) is 4.97. The number of nitrogens with zero attached hydrogens (tertiary/aromatic N) is 4. The highest BCUT2D eigenvalue weighted by Crippen LogP contribution is 2.22. The highest BCUT2D eigenvalue weighted by atomic mass is 32.2. The van der Waals surface area contributed by atoms with Crippen LogP contribution in [0.4, 0.5) is 0 Å². The zero-order chi connectivity index (χ0) is 22.8. The molecule has 9 nitrogen and oxygen atoms in total. The number of likely N-dealkylation sites (N-methyl/N-ethyl adjacent to an activating group) is 1. The van der Waals surface area contributed by atoms with Crippen molar-refractivity contribution in [2.45, 2.75) is 23.8 Å². The molecule has 2 aromatic heterocycles. The average molecular weight is 448 g/mol. The summed E-state index contributed by atoms with van der Waals surface area (Å²) < 4.78 is 33.3. The first-order chi connectivity index (χ1) is 14.6. The largest absolute Gasteiger partial charge is 0.468 e. The van der Waals surface area contributed by atoms with E-state index in [-0.39, 0.29) is 23.3 Å². The van der Waals surface area contributed by atoms with Gasteiger partial charge in [0, 0.05) is 40.5 Å². The van der Waals surface area contributed by atoms with Gasteiger partial charge in [-0.05, 0) is 44.4 Å². The molecule has 10 heteroatoms. The van der Waals surface area contributed by atoms with Gasteiger partial charge in [0.15, 0.2) is 0 Å². The Hall–Kier alpha value is -2.69. The molecule has 3 aromatic rings. The summed E-state index contributed by atoms with van der Waals surface area (Å²) in [6.07, 6.45) is 2.34. The molecule has 0 saturated heterocycles. The molecule has 31 heavy (non-hydrogen) atoms. The third-order valence-corrected chi connectivity index (χ3v) is 7.10. The molecule has 1 N–H and O–H groups in total. The Morgan fingerprint density at radius 2 is 1.97 bits per heavy atom. The minimum Gasteiger partial charge on any atom is -0.468 e. The van der Waals surface area contributed by atoms with E-state index in [2.05, 4.69) is 10.3 Å². The van der Waals surface area contributed by atoms with Crippen LogP contribution in [0.1, 0.15) is 24.0 Å². The molecule has 1 aromatic carbocycles. The van der Waals surface area contributed by atoms with Crippen molar-refractivity contribution < 1.29 is 17.6 Å². The van der Waals surface area contributed by atoms with Crippen molar-refractivity contribution in [3.05, 3.63) is 48.2 Å². The Balaban J connectivity index is 1.66. The number of sulfonamides is 1. The first-order valence-corrected chi connectivity index (χ1v) is 11.4. The van der Waals surface area contributed by atoms with Crippen molar-refractivity contribution in [1.82, 2.24) is 24.1 Å². The van der Waals surface area contributed by atoms with Crippen LogP contribution < -0.4 is 5.32 Å². The summed E-state index contributed by atoms with van der Waals surface area (Å²) in [5, 5.41) is 2.95. The molecule has 3 rings (SSSR count). The van der Waals surface area contributed by atoms with Crippen LogP contribution in [0.2, 0.25) is 0 Å². The molecule has 2 heterocycles. The Morgan fingerprint density at radius 3 is 2.58 bits per heavy atom. The normalized spacial score (nSPS) is 13.3. The van der Waals surface area contributed by atoms with Crippen LogP contribution in [0.5, 0.6) is 0 Å². The second-order valence-electron chi connectivity index (χ2n) is 7.82. The minimum atomic E-state index is -3.53. The summed E-state index contributed by atoms with van der Waals surface area (Å²) in [5.41, 5.74) is 1.41. The maximum atomic E-state index is 12.4. The van der Waals surface area contributed by atoms with E-state index in [4.69, 9.17) is 4.42 Å². The van der Waals surface area contributed by atoms with E-state index in [0.29, 0.717) is 18.5 Å². The number of aromatic nitrogens is 2. The van der Waals surface area contributed by atoms with Gasteiger partial charge in [-0.1, -0.05) is 0 Å². The number of carbonyl (C=O) groups is 1. The zero-order valence-corrected chi connectivity index (χ0v) is 19.3. The lowest BCUT2D eigenvalue weighted by Crippen LogP contribution is -2.34. The van der Waals surface area contributed by atoms with Crippen molar-refractivity contribution in [3.8, 4) is 0 Å². The lowest BCUT2D eigenvalue weighted by Gasteiger charge is -2.22. The molecule has 1 atom stereocenters. The van der Waals surface area contributed by atoms with E-state index in [1.807, 2.05) is 42.7 Å². The number of imidazole rings is 1.